The molecule has 0 radical (unpaired) electrons. The Morgan fingerprint density at radius 3 is 2.00 bits per heavy atom. The molecule has 4 aromatic carbocycles. The minimum atomic E-state index is -0.255. The van der Waals surface area contributed by atoms with Crippen molar-refractivity contribution in [3.05, 3.63) is 126 Å². The van der Waals surface area contributed by atoms with Gasteiger partial charge in [0.25, 0.3) is 0 Å². The van der Waals surface area contributed by atoms with E-state index >= 15 is 0 Å². The first kappa shape index (κ1) is 18.8. The molecule has 146 valence electrons. The number of halogens is 1. The van der Waals surface area contributed by atoms with Crippen molar-refractivity contribution in [2.24, 2.45) is 0 Å². The lowest BCUT2D eigenvalue weighted by Gasteiger charge is -2.11. The third-order valence-corrected chi connectivity index (χ3v) is 5.16. The molecule has 0 saturated carbocycles. The largest absolute Gasteiger partial charge is 0.248 e. The van der Waals surface area contributed by atoms with Gasteiger partial charge in [-0.1, -0.05) is 60.4 Å². The van der Waals surface area contributed by atoms with Crippen LogP contribution in [0.2, 0.25) is 0 Å². The summed E-state index contributed by atoms with van der Waals surface area (Å²) in [4.78, 5) is 4.85. The normalized spacial score (nSPS) is 10.5. The highest BCUT2D eigenvalue weighted by Crippen LogP contribution is 2.32. The van der Waals surface area contributed by atoms with Crippen LogP contribution in [0, 0.1) is 17.7 Å². The lowest BCUT2D eigenvalue weighted by molar-refractivity contribution is 0.628. The molecule has 0 bridgehead atoms. The molecular formula is C29H18FN. The summed E-state index contributed by atoms with van der Waals surface area (Å²) >= 11 is 0. The van der Waals surface area contributed by atoms with Gasteiger partial charge < -0.3 is 0 Å². The monoisotopic (exact) mass is 399 g/mol. The number of aromatic nitrogens is 1. The van der Waals surface area contributed by atoms with Crippen molar-refractivity contribution in [1.29, 1.82) is 0 Å². The maximum atomic E-state index is 13.4. The van der Waals surface area contributed by atoms with E-state index in [0.717, 1.165) is 44.4 Å². The van der Waals surface area contributed by atoms with Gasteiger partial charge in [0, 0.05) is 22.1 Å². The first-order valence-corrected chi connectivity index (χ1v) is 10.1. The second-order valence-electron chi connectivity index (χ2n) is 7.28. The molecule has 0 spiro atoms. The molecule has 5 aromatic rings. The van der Waals surface area contributed by atoms with Crippen LogP contribution in [0.15, 0.2) is 109 Å². The fraction of sp³-hybridized carbons (Fsp3) is 0. The van der Waals surface area contributed by atoms with Crippen molar-refractivity contribution >= 4 is 10.9 Å². The van der Waals surface area contributed by atoms with Gasteiger partial charge in [-0.15, -0.1) is 0 Å². The maximum absolute atomic E-state index is 13.4. The summed E-state index contributed by atoms with van der Waals surface area (Å²) in [7, 11) is 0. The average molecular weight is 399 g/mol. The average Bonchev–Trinajstić information content (AvgIpc) is 2.83. The molecule has 0 aliphatic heterocycles. The third-order valence-electron chi connectivity index (χ3n) is 5.16. The molecule has 0 unspecified atom stereocenters. The Balaban J connectivity index is 1.67. The minimum absolute atomic E-state index is 0.255. The quantitative estimate of drug-likeness (QED) is 0.288. The molecule has 31 heavy (non-hydrogen) atoms. The lowest BCUT2D eigenvalue weighted by Crippen LogP contribution is -1.91. The predicted molar refractivity (Wildman–Crippen MR) is 125 cm³/mol. The van der Waals surface area contributed by atoms with Gasteiger partial charge in [-0.2, -0.15) is 0 Å². The van der Waals surface area contributed by atoms with E-state index < -0.39 is 0 Å². The molecule has 0 fully saturated rings. The van der Waals surface area contributed by atoms with Crippen LogP contribution in [0.1, 0.15) is 11.1 Å². The lowest BCUT2D eigenvalue weighted by atomic mass is 9.97. The second kappa shape index (κ2) is 8.26. The van der Waals surface area contributed by atoms with Crippen molar-refractivity contribution < 1.29 is 4.39 Å². The third kappa shape index (κ3) is 4.08. The van der Waals surface area contributed by atoms with Gasteiger partial charge in [-0.3, -0.25) is 0 Å². The Kier molecular flexibility index (Phi) is 5.01. The van der Waals surface area contributed by atoms with Crippen LogP contribution in [-0.2, 0) is 0 Å². The Morgan fingerprint density at radius 1 is 0.581 bits per heavy atom. The van der Waals surface area contributed by atoms with Crippen molar-refractivity contribution in [3.8, 4) is 34.2 Å². The van der Waals surface area contributed by atoms with Crippen LogP contribution in [0.5, 0.6) is 0 Å². The first-order valence-electron chi connectivity index (χ1n) is 10.1. The summed E-state index contributed by atoms with van der Waals surface area (Å²) in [5.41, 5.74) is 6.68. The number of hydrogen-bond donors (Lipinski definition) is 0. The van der Waals surface area contributed by atoms with Crippen molar-refractivity contribution in [3.63, 3.8) is 0 Å². The molecule has 0 aliphatic rings. The SMILES string of the molecule is Fc1ccc(-c2cc(-c3ccccc3)c3cc(C#Cc4ccccc4)ccc3n2)cc1. The van der Waals surface area contributed by atoms with Gasteiger partial charge in [0.2, 0.25) is 0 Å². The van der Waals surface area contributed by atoms with Crippen LogP contribution in [0.25, 0.3) is 33.3 Å². The number of hydrogen-bond acceptors (Lipinski definition) is 1. The highest BCUT2D eigenvalue weighted by molar-refractivity contribution is 5.97. The van der Waals surface area contributed by atoms with Crippen molar-refractivity contribution in [2.75, 3.05) is 0 Å². The highest BCUT2D eigenvalue weighted by atomic mass is 19.1. The van der Waals surface area contributed by atoms with Crippen LogP contribution in [0.4, 0.5) is 4.39 Å². The van der Waals surface area contributed by atoms with Gasteiger partial charge in [-0.25, -0.2) is 9.37 Å². The summed E-state index contributed by atoms with van der Waals surface area (Å²) in [5.74, 6) is 6.23. The summed E-state index contributed by atoms with van der Waals surface area (Å²) in [6, 6.07) is 34.8. The molecule has 1 aromatic heterocycles. The van der Waals surface area contributed by atoms with E-state index in [9.17, 15) is 4.39 Å². The van der Waals surface area contributed by atoms with E-state index in [1.807, 2.05) is 60.7 Å². The number of pyridine rings is 1. The molecule has 0 amide bonds. The van der Waals surface area contributed by atoms with Gasteiger partial charge in [0.1, 0.15) is 5.82 Å². The van der Waals surface area contributed by atoms with E-state index in [2.05, 4.69) is 36.1 Å². The molecule has 1 nitrogen and oxygen atoms in total. The van der Waals surface area contributed by atoms with E-state index in [0.29, 0.717) is 0 Å². The molecule has 5 rings (SSSR count). The molecular weight excluding hydrogens is 381 g/mol. The minimum Gasteiger partial charge on any atom is -0.248 e. The van der Waals surface area contributed by atoms with E-state index in [-0.39, 0.29) is 5.82 Å². The van der Waals surface area contributed by atoms with Crippen LogP contribution in [0.3, 0.4) is 0 Å². The molecule has 2 heteroatoms. The molecule has 0 aliphatic carbocycles. The zero-order valence-corrected chi connectivity index (χ0v) is 16.7. The zero-order chi connectivity index (χ0) is 21.0. The van der Waals surface area contributed by atoms with Gasteiger partial charge in [-0.05, 0) is 71.8 Å². The second-order valence-corrected chi connectivity index (χ2v) is 7.28. The summed E-state index contributed by atoms with van der Waals surface area (Å²) in [5, 5.41) is 1.04. The van der Waals surface area contributed by atoms with E-state index in [1.54, 1.807) is 12.1 Å². The fourth-order valence-corrected chi connectivity index (χ4v) is 3.59. The highest BCUT2D eigenvalue weighted by Gasteiger charge is 2.10. The fourth-order valence-electron chi connectivity index (χ4n) is 3.59. The van der Waals surface area contributed by atoms with E-state index in [1.165, 1.54) is 12.1 Å². The van der Waals surface area contributed by atoms with Crippen LogP contribution in [-0.4, -0.2) is 4.98 Å². The standard InChI is InChI=1S/C29H18FN/c30-25-16-14-24(15-17-25)29-20-26(23-9-5-2-6-10-23)27-19-22(13-18-28(27)31-29)12-11-21-7-3-1-4-8-21/h1-10,13-20H. The maximum Gasteiger partial charge on any atom is 0.123 e. The summed E-state index contributed by atoms with van der Waals surface area (Å²) in [6.07, 6.45) is 0. The topological polar surface area (TPSA) is 12.9 Å². The van der Waals surface area contributed by atoms with Gasteiger partial charge in [0.05, 0.1) is 11.2 Å². The molecule has 1 heterocycles. The van der Waals surface area contributed by atoms with Crippen LogP contribution >= 0.6 is 0 Å². The first-order chi connectivity index (χ1) is 15.3. The predicted octanol–water partition coefficient (Wildman–Crippen LogP) is 7.11. The molecule has 0 N–H and O–H groups in total. The number of rotatable bonds is 2. The van der Waals surface area contributed by atoms with Crippen molar-refractivity contribution in [1.82, 2.24) is 4.98 Å². The Hall–Kier alpha value is -4.22. The number of nitrogens with zero attached hydrogens (tertiary/aromatic N) is 1. The van der Waals surface area contributed by atoms with Gasteiger partial charge >= 0.3 is 0 Å². The Morgan fingerprint density at radius 2 is 1.26 bits per heavy atom. The molecule has 0 atom stereocenters. The zero-order valence-electron chi connectivity index (χ0n) is 16.7. The number of fused-ring (bicyclic) bond motifs is 1. The van der Waals surface area contributed by atoms with Crippen molar-refractivity contribution in [2.45, 2.75) is 0 Å². The van der Waals surface area contributed by atoms with Crippen LogP contribution < -0.4 is 0 Å². The van der Waals surface area contributed by atoms with E-state index in [4.69, 9.17) is 4.98 Å². The Bertz CT molecular complexity index is 1410. The summed E-state index contributed by atoms with van der Waals surface area (Å²) < 4.78 is 13.4. The number of benzene rings is 4. The smallest absolute Gasteiger partial charge is 0.123 e. The molecule has 0 saturated heterocycles. The summed E-state index contributed by atoms with van der Waals surface area (Å²) in [6.45, 7) is 0. The van der Waals surface area contributed by atoms with Gasteiger partial charge in [0.15, 0.2) is 0 Å². The Labute approximate surface area is 180 Å².